The zero-order chi connectivity index (χ0) is 13.5. The van der Waals surface area contributed by atoms with Gasteiger partial charge in [-0.15, -0.1) is 0 Å². The highest BCUT2D eigenvalue weighted by atomic mass is 32.2. The minimum absolute atomic E-state index is 0.220. The molecule has 1 aliphatic carbocycles. The van der Waals surface area contributed by atoms with Crippen LogP contribution in [0.4, 0.5) is 0 Å². The fourth-order valence-corrected chi connectivity index (χ4v) is 3.66. The van der Waals surface area contributed by atoms with E-state index in [9.17, 15) is 4.79 Å². The third-order valence-corrected chi connectivity index (χ3v) is 4.84. The number of carbonyl (C=O) groups is 1. The first-order valence-corrected chi connectivity index (χ1v) is 8.22. The van der Waals surface area contributed by atoms with Crippen molar-refractivity contribution in [3.05, 3.63) is 29.8 Å². The van der Waals surface area contributed by atoms with Gasteiger partial charge in [0.15, 0.2) is 5.78 Å². The summed E-state index contributed by atoms with van der Waals surface area (Å²) in [6, 6.07) is 7.53. The van der Waals surface area contributed by atoms with E-state index in [1.807, 2.05) is 43.0 Å². The predicted octanol–water partition coefficient (Wildman–Crippen LogP) is 4.33. The Morgan fingerprint density at radius 2 is 2.11 bits per heavy atom. The average Bonchev–Trinajstić information content (AvgIpc) is 2.46. The van der Waals surface area contributed by atoms with Gasteiger partial charge in [0.05, 0.1) is 12.4 Å². The van der Waals surface area contributed by atoms with Crippen molar-refractivity contribution in [2.75, 3.05) is 12.4 Å². The molecule has 3 heteroatoms. The molecule has 2 rings (SSSR count). The van der Waals surface area contributed by atoms with Crippen LogP contribution in [0.25, 0.3) is 0 Å². The van der Waals surface area contributed by atoms with Crippen molar-refractivity contribution in [2.24, 2.45) is 0 Å². The number of rotatable bonds is 6. The molecule has 0 atom stereocenters. The second kappa shape index (κ2) is 7.59. The fraction of sp³-hybridized carbons (Fsp3) is 0.562. The molecule has 0 amide bonds. The van der Waals surface area contributed by atoms with Crippen LogP contribution in [-0.4, -0.2) is 23.4 Å². The van der Waals surface area contributed by atoms with Crippen molar-refractivity contribution in [2.45, 2.75) is 44.3 Å². The SMILES string of the molecule is CCOc1cccc(C(=O)CSC2CCCCC2)c1. The lowest BCUT2D eigenvalue weighted by atomic mass is 10.0. The summed E-state index contributed by atoms with van der Waals surface area (Å²) >= 11 is 1.83. The van der Waals surface area contributed by atoms with Gasteiger partial charge in [0.1, 0.15) is 5.75 Å². The molecular weight excluding hydrogens is 256 g/mol. The number of hydrogen-bond donors (Lipinski definition) is 0. The van der Waals surface area contributed by atoms with Crippen molar-refractivity contribution in [1.82, 2.24) is 0 Å². The van der Waals surface area contributed by atoms with Gasteiger partial charge in [-0.3, -0.25) is 4.79 Å². The van der Waals surface area contributed by atoms with Gasteiger partial charge >= 0.3 is 0 Å². The van der Waals surface area contributed by atoms with E-state index >= 15 is 0 Å². The standard InChI is InChI=1S/C16H22O2S/c1-2-18-14-8-6-7-13(11-14)16(17)12-19-15-9-4-3-5-10-15/h6-8,11,15H,2-5,9-10,12H2,1H3. The maximum absolute atomic E-state index is 12.2. The molecule has 0 radical (unpaired) electrons. The molecular formula is C16H22O2S. The highest BCUT2D eigenvalue weighted by molar-refractivity contribution is 8.00. The smallest absolute Gasteiger partial charge is 0.172 e. The van der Waals surface area contributed by atoms with Crippen LogP contribution in [0.1, 0.15) is 49.4 Å². The molecule has 19 heavy (non-hydrogen) atoms. The Labute approximate surface area is 119 Å². The molecule has 104 valence electrons. The molecule has 1 saturated carbocycles. The van der Waals surface area contributed by atoms with Gasteiger partial charge in [-0.1, -0.05) is 31.4 Å². The first-order chi connectivity index (χ1) is 9.29. The number of hydrogen-bond acceptors (Lipinski definition) is 3. The van der Waals surface area contributed by atoms with Crippen LogP contribution < -0.4 is 4.74 Å². The summed E-state index contributed by atoms with van der Waals surface area (Å²) in [6.45, 7) is 2.59. The Morgan fingerprint density at radius 3 is 2.84 bits per heavy atom. The van der Waals surface area contributed by atoms with E-state index in [1.165, 1.54) is 32.1 Å². The van der Waals surface area contributed by atoms with Crippen molar-refractivity contribution >= 4 is 17.5 Å². The summed E-state index contributed by atoms with van der Waals surface area (Å²) in [5.74, 6) is 1.61. The summed E-state index contributed by atoms with van der Waals surface area (Å²) in [6.07, 6.45) is 6.56. The summed E-state index contributed by atoms with van der Waals surface area (Å²) in [7, 11) is 0. The van der Waals surface area contributed by atoms with Crippen LogP contribution in [0.15, 0.2) is 24.3 Å². The molecule has 0 heterocycles. The van der Waals surface area contributed by atoms with Gasteiger partial charge in [0.2, 0.25) is 0 Å². The van der Waals surface area contributed by atoms with Crippen LogP contribution in [0, 0.1) is 0 Å². The Morgan fingerprint density at radius 1 is 1.32 bits per heavy atom. The number of ether oxygens (including phenoxy) is 1. The Hall–Kier alpha value is -0.960. The van der Waals surface area contributed by atoms with Crippen LogP contribution in [0.5, 0.6) is 5.75 Å². The van der Waals surface area contributed by atoms with Gasteiger partial charge in [-0.2, -0.15) is 11.8 Å². The lowest BCUT2D eigenvalue weighted by Gasteiger charge is -2.20. The minimum Gasteiger partial charge on any atom is -0.494 e. The first kappa shape index (κ1) is 14.4. The van der Waals surface area contributed by atoms with Crippen molar-refractivity contribution in [3.63, 3.8) is 0 Å². The summed E-state index contributed by atoms with van der Waals surface area (Å²) < 4.78 is 5.43. The largest absolute Gasteiger partial charge is 0.494 e. The third-order valence-electron chi connectivity index (χ3n) is 3.47. The molecule has 0 N–H and O–H groups in total. The van der Waals surface area contributed by atoms with Gasteiger partial charge in [0, 0.05) is 10.8 Å². The predicted molar refractivity (Wildman–Crippen MR) is 81.3 cm³/mol. The Kier molecular flexibility index (Phi) is 5.77. The second-order valence-corrected chi connectivity index (χ2v) is 6.24. The average molecular weight is 278 g/mol. The van der Waals surface area contributed by atoms with Crippen LogP contribution >= 0.6 is 11.8 Å². The third kappa shape index (κ3) is 4.57. The quantitative estimate of drug-likeness (QED) is 0.724. The number of ketones is 1. The Bertz CT molecular complexity index is 411. The number of carbonyl (C=O) groups excluding carboxylic acids is 1. The van der Waals surface area contributed by atoms with E-state index < -0.39 is 0 Å². The number of thioether (sulfide) groups is 1. The van der Waals surface area contributed by atoms with Crippen molar-refractivity contribution in [1.29, 1.82) is 0 Å². The second-order valence-electron chi connectivity index (χ2n) is 4.96. The highest BCUT2D eigenvalue weighted by Crippen LogP contribution is 2.28. The van der Waals surface area contributed by atoms with Crippen molar-refractivity contribution in [3.8, 4) is 5.75 Å². The van der Waals surface area contributed by atoms with Crippen LogP contribution in [-0.2, 0) is 0 Å². The van der Waals surface area contributed by atoms with Crippen LogP contribution in [0.3, 0.4) is 0 Å². The van der Waals surface area contributed by atoms with Gasteiger partial charge in [-0.05, 0) is 31.9 Å². The van der Waals surface area contributed by atoms with E-state index in [2.05, 4.69) is 0 Å². The van der Waals surface area contributed by atoms with Gasteiger partial charge in [0.25, 0.3) is 0 Å². The van der Waals surface area contributed by atoms with Gasteiger partial charge < -0.3 is 4.74 Å². The van der Waals surface area contributed by atoms with E-state index in [4.69, 9.17) is 4.74 Å². The van der Waals surface area contributed by atoms with E-state index in [0.717, 1.165) is 11.3 Å². The van der Waals surface area contributed by atoms with Gasteiger partial charge in [-0.25, -0.2) is 0 Å². The molecule has 0 aromatic heterocycles. The molecule has 0 unspecified atom stereocenters. The topological polar surface area (TPSA) is 26.3 Å². The molecule has 1 aromatic carbocycles. The molecule has 0 spiro atoms. The van der Waals surface area contributed by atoms with E-state index in [0.29, 0.717) is 17.6 Å². The molecule has 1 fully saturated rings. The minimum atomic E-state index is 0.220. The lowest BCUT2D eigenvalue weighted by Crippen LogP contribution is -2.12. The first-order valence-electron chi connectivity index (χ1n) is 7.17. The zero-order valence-corrected chi connectivity index (χ0v) is 12.4. The zero-order valence-electron chi connectivity index (χ0n) is 11.6. The van der Waals surface area contributed by atoms with Crippen molar-refractivity contribution < 1.29 is 9.53 Å². The monoisotopic (exact) mass is 278 g/mol. The van der Waals surface area contributed by atoms with E-state index in [-0.39, 0.29) is 5.78 Å². The summed E-state index contributed by atoms with van der Waals surface area (Å²) in [5.41, 5.74) is 0.772. The molecule has 0 saturated heterocycles. The maximum Gasteiger partial charge on any atom is 0.172 e. The summed E-state index contributed by atoms with van der Waals surface area (Å²) in [5, 5.41) is 0.688. The summed E-state index contributed by atoms with van der Waals surface area (Å²) in [4.78, 5) is 12.2. The maximum atomic E-state index is 12.2. The fourth-order valence-electron chi connectivity index (χ4n) is 2.43. The Balaban J connectivity index is 1.86. The number of Topliss-reactive ketones (excluding diaryl/α,β-unsaturated/α-hetero) is 1. The lowest BCUT2D eigenvalue weighted by molar-refractivity contribution is 0.102. The van der Waals surface area contributed by atoms with E-state index in [1.54, 1.807) is 0 Å². The van der Waals surface area contributed by atoms with Crippen LogP contribution in [0.2, 0.25) is 0 Å². The molecule has 2 nitrogen and oxygen atoms in total. The molecule has 1 aliphatic rings. The molecule has 0 bridgehead atoms. The molecule has 0 aliphatic heterocycles. The normalized spacial score (nSPS) is 16.3. The molecule has 1 aromatic rings. The highest BCUT2D eigenvalue weighted by Gasteiger charge is 2.16. The number of benzene rings is 1.